The quantitative estimate of drug-likeness (QED) is 0.526. The van der Waals surface area contributed by atoms with Gasteiger partial charge in [-0.05, 0) is 48.2 Å². The van der Waals surface area contributed by atoms with Crippen molar-refractivity contribution in [1.29, 1.82) is 5.26 Å². The Bertz CT molecular complexity index is 869. The van der Waals surface area contributed by atoms with Crippen LogP contribution < -0.4 is 0 Å². The molecule has 0 bridgehead atoms. The molecule has 0 N–H and O–H groups in total. The van der Waals surface area contributed by atoms with Crippen molar-refractivity contribution >= 4 is 31.9 Å². The molecule has 0 saturated carbocycles. The van der Waals surface area contributed by atoms with Crippen molar-refractivity contribution in [2.45, 2.75) is 24.8 Å². The van der Waals surface area contributed by atoms with Crippen molar-refractivity contribution in [3.05, 3.63) is 81.3 Å². The number of halogens is 2. The zero-order valence-electron chi connectivity index (χ0n) is 13.4. The fourth-order valence-electron chi connectivity index (χ4n) is 2.88. The zero-order chi connectivity index (χ0) is 17.7. The molecule has 0 aliphatic carbocycles. The van der Waals surface area contributed by atoms with Crippen LogP contribution in [0.5, 0.6) is 0 Å². The van der Waals surface area contributed by atoms with Crippen LogP contribution in [0.4, 0.5) is 0 Å². The minimum atomic E-state index is -0.670. The Labute approximate surface area is 163 Å². The molecule has 1 unspecified atom stereocenters. The summed E-state index contributed by atoms with van der Waals surface area (Å²) >= 11 is 6.97. The Balaban J connectivity index is 1.92. The molecule has 0 aliphatic rings. The molecule has 6 heteroatoms. The van der Waals surface area contributed by atoms with Crippen molar-refractivity contribution in [3.63, 3.8) is 0 Å². The van der Waals surface area contributed by atoms with Gasteiger partial charge in [0.25, 0.3) is 0 Å². The number of hydrogen-bond acceptors (Lipinski definition) is 3. The molecule has 0 saturated heterocycles. The van der Waals surface area contributed by atoms with Crippen LogP contribution in [-0.4, -0.2) is 14.8 Å². The van der Waals surface area contributed by atoms with Crippen molar-refractivity contribution in [2.75, 3.05) is 0 Å². The second-order valence-electron chi connectivity index (χ2n) is 5.92. The minimum Gasteiger partial charge on any atom is -0.251 e. The van der Waals surface area contributed by atoms with Crippen LogP contribution in [0.1, 0.15) is 17.5 Å². The molecule has 0 fully saturated rings. The number of benzene rings is 2. The number of nitriles is 1. The van der Waals surface area contributed by atoms with E-state index in [1.807, 2.05) is 36.4 Å². The summed E-state index contributed by atoms with van der Waals surface area (Å²) in [5.74, 6) is 0. The topological polar surface area (TPSA) is 54.5 Å². The third-order valence-corrected chi connectivity index (χ3v) is 5.26. The van der Waals surface area contributed by atoms with E-state index in [4.69, 9.17) is 0 Å². The van der Waals surface area contributed by atoms with Gasteiger partial charge in [-0.3, -0.25) is 4.68 Å². The highest BCUT2D eigenvalue weighted by Gasteiger charge is 2.33. The lowest BCUT2D eigenvalue weighted by Gasteiger charge is -2.27. The molecule has 4 nitrogen and oxygen atoms in total. The van der Waals surface area contributed by atoms with Crippen molar-refractivity contribution in [3.8, 4) is 6.07 Å². The van der Waals surface area contributed by atoms with Gasteiger partial charge in [0.1, 0.15) is 18.1 Å². The SMILES string of the molecule is N#CC(CCc1cccc(Br)c1)(Cn1cncn1)c1ccc(Br)cc1. The van der Waals surface area contributed by atoms with Crippen LogP contribution in [-0.2, 0) is 18.4 Å². The second kappa shape index (κ2) is 7.94. The average molecular weight is 460 g/mol. The van der Waals surface area contributed by atoms with Gasteiger partial charge in [-0.2, -0.15) is 10.4 Å². The maximum Gasteiger partial charge on any atom is 0.137 e. The van der Waals surface area contributed by atoms with Crippen LogP contribution >= 0.6 is 31.9 Å². The Kier molecular flexibility index (Phi) is 5.67. The van der Waals surface area contributed by atoms with Gasteiger partial charge in [0.15, 0.2) is 0 Å². The van der Waals surface area contributed by atoms with Crippen LogP contribution in [0.25, 0.3) is 0 Å². The fraction of sp³-hybridized carbons (Fsp3) is 0.211. The van der Waals surface area contributed by atoms with Gasteiger partial charge in [0.2, 0.25) is 0 Å². The number of nitrogens with zero attached hydrogens (tertiary/aromatic N) is 4. The molecule has 0 amide bonds. The van der Waals surface area contributed by atoms with E-state index in [1.165, 1.54) is 11.9 Å². The van der Waals surface area contributed by atoms with E-state index in [1.54, 1.807) is 11.0 Å². The maximum absolute atomic E-state index is 10.1. The first-order valence-electron chi connectivity index (χ1n) is 7.85. The monoisotopic (exact) mass is 458 g/mol. The summed E-state index contributed by atoms with van der Waals surface area (Å²) in [6.07, 6.45) is 4.65. The normalized spacial score (nSPS) is 13.2. The summed E-state index contributed by atoms with van der Waals surface area (Å²) in [5, 5.41) is 14.3. The van der Waals surface area contributed by atoms with Crippen LogP contribution in [0, 0.1) is 11.3 Å². The molecule has 1 heterocycles. The lowest BCUT2D eigenvalue weighted by molar-refractivity contribution is 0.401. The third-order valence-electron chi connectivity index (χ3n) is 4.24. The van der Waals surface area contributed by atoms with E-state index in [0.29, 0.717) is 13.0 Å². The first-order valence-corrected chi connectivity index (χ1v) is 9.44. The molecule has 126 valence electrons. The number of aromatic nitrogens is 3. The highest BCUT2D eigenvalue weighted by molar-refractivity contribution is 9.10. The molecular weight excluding hydrogens is 444 g/mol. The minimum absolute atomic E-state index is 0.471. The lowest BCUT2D eigenvalue weighted by atomic mass is 9.77. The molecule has 2 aromatic carbocycles. The van der Waals surface area contributed by atoms with Gasteiger partial charge in [0, 0.05) is 8.95 Å². The standard InChI is InChI=1S/C19H16Br2N4/c20-17-6-4-16(5-7-17)19(11-22,12-25-14-23-13-24-25)9-8-15-2-1-3-18(21)10-15/h1-7,10,13-14H,8-9,12H2. The van der Waals surface area contributed by atoms with Crippen molar-refractivity contribution in [1.82, 2.24) is 14.8 Å². The predicted molar refractivity (Wildman–Crippen MR) is 104 cm³/mol. The average Bonchev–Trinajstić information content (AvgIpc) is 3.12. The smallest absolute Gasteiger partial charge is 0.137 e. The molecule has 0 spiro atoms. The van der Waals surface area contributed by atoms with Gasteiger partial charge in [-0.15, -0.1) is 0 Å². The third kappa shape index (κ3) is 4.36. The lowest BCUT2D eigenvalue weighted by Crippen LogP contribution is -2.31. The summed E-state index contributed by atoms with van der Waals surface area (Å²) in [7, 11) is 0. The Hall–Kier alpha value is -1.97. The molecule has 0 radical (unpaired) electrons. The summed E-state index contributed by atoms with van der Waals surface area (Å²) in [5.41, 5.74) is 1.52. The molecule has 3 aromatic rings. The van der Waals surface area contributed by atoms with Gasteiger partial charge >= 0.3 is 0 Å². The van der Waals surface area contributed by atoms with Crippen LogP contribution in [0.2, 0.25) is 0 Å². The summed E-state index contributed by atoms with van der Waals surface area (Å²) in [6, 6.07) is 18.7. The van der Waals surface area contributed by atoms with Gasteiger partial charge in [-0.25, -0.2) is 4.98 Å². The molecule has 1 atom stereocenters. The zero-order valence-corrected chi connectivity index (χ0v) is 16.6. The maximum atomic E-state index is 10.1. The number of hydrogen-bond donors (Lipinski definition) is 0. The molecule has 3 rings (SSSR count). The highest BCUT2D eigenvalue weighted by atomic mass is 79.9. The molecule has 1 aromatic heterocycles. The summed E-state index contributed by atoms with van der Waals surface area (Å²) in [6.45, 7) is 0.471. The summed E-state index contributed by atoms with van der Waals surface area (Å²) in [4.78, 5) is 4.01. The van der Waals surface area contributed by atoms with Gasteiger partial charge < -0.3 is 0 Å². The van der Waals surface area contributed by atoms with Crippen molar-refractivity contribution < 1.29 is 0 Å². The first kappa shape index (κ1) is 17.8. The largest absolute Gasteiger partial charge is 0.251 e. The van der Waals surface area contributed by atoms with E-state index < -0.39 is 5.41 Å². The molecule has 0 aliphatic heterocycles. The Morgan fingerprint density at radius 3 is 2.52 bits per heavy atom. The Morgan fingerprint density at radius 2 is 1.88 bits per heavy atom. The molecular formula is C19H16Br2N4. The van der Waals surface area contributed by atoms with Crippen molar-refractivity contribution in [2.24, 2.45) is 0 Å². The van der Waals surface area contributed by atoms with Gasteiger partial charge in [0.05, 0.1) is 12.6 Å². The van der Waals surface area contributed by atoms with E-state index in [2.05, 4.69) is 60.1 Å². The number of aryl methyl sites for hydroxylation is 1. The van der Waals surface area contributed by atoms with Gasteiger partial charge in [-0.1, -0.05) is 56.1 Å². The Morgan fingerprint density at radius 1 is 1.08 bits per heavy atom. The van der Waals surface area contributed by atoms with Crippen LogP contribution in [0.3, 0.4) is 0 Å². The fourth-order valence-corrected chi connectivity index (χ4v) is 3.59. The predicted octanol–water partition coefficient (Wildman–Crippen LogP) is 4.90. The highest BCUT2D eigenvalue weighted by Crippen LogP contribution is 2.32. The van der Waals surface area contributed by atoms with E-state index in [0.717, 1.165) is 20.9 Å². The van der Waals surface area contributed by atoms with E-state index in [9.17, 15) is 5.26 Å². The summed E-state index contributed by atoms with van der Waals surface area (Å²) < 4.78 is 3.77. The molecule has 25 heavy (non-hydrogen) atoms. The van der Waals surface area contributed by atoms with E-state index in [-0.39, 0.29) is 0 Å². The van der Waals surface area contributed by atoms with E-state index >= 15 is 0 Å². The van der Waals surface area contributed by atoms with Crippen LogP contribution in [0.15, 0.2) is 70.1 Å². The number of rotatable bonds is 6. The second-order valence-corrected chi connectivity index (χ2v) is 7.76. The first-order chi connectivity index (χ1) is 12.1.